The van der Waals surface area contributed by atoms with Crippen LogP contribution < -0.4 is 14.5 Å². The summed E-state index contributed by atoms with van der Waals surface area (Å²) in [4.78, 5) is 16.5. The third kappa shape index (κ3) is 3.73. The molecule has 0 bridgehead atoms. The number of ether oxygens (including phenoxy) is 2. The molecule has 2 saturated heterocycles. The zero-order chi connectivity index (χ0) is 25.0. The van der Waals surface area contributed by atoms with Crippen molar-refractivity contribution < 1.29 is 32.5 Å². The van der Waals surface area contributed by atoms with E-state index in [2.05, 4.69) is 0 Å². The highest BCUT2D eigenvalue weighted by molar-refractivity contribution is 7.81. The minimum atomic E-state index is -4.77. The van der Waals surface area contributed by atoms with Gasteiger partial charge in [-0.05, 0) is 67.0 Å². The number of nitrogens with zero attached hydrogens (tertiary/aromatic N) is 3. The summed E-state index contributed by atoms with van der Waals surface area (Å²) >= 11 is 5.67. The number of aliphatic hydroxyl groups is 1. The Morgan fingerprint density at radius 1 is 1.23 bits per heavy atom. The van der Waals surface area contributed by atoms with Gasteiger partial charge in [-0.2, -0.15) is 18.4 Å². The number of fused-ring (bicyclic) bond motifs is 1. The molecule has 2 aromatic rings. The predicted octanol–water partition coefficient (Wildman–Crippen LogP) is 3.56. The number of thiocarbonyl (C=S) groups is 1. The molecule has 35 heavy (non-hydrogen) atoms. The van der Waals surface area contributed by atoms with E-state index in [9.17, 15) is 23.1 Å². The van der Waals surface area contributed by atoms with E-state index in [-0.39, 0.29) is 30.1 Å². The second-order valence-electron chi connectivity index (χ2n) is 8.69. The van der Waals surface area contributed by atoms with Crippen molar-refractivity contribution >= 4 is 34.6 Å². The molecule has 2 atom stereocenters. The number of nitriles is 1. The van der Waals surface area contributed by atoms with Gasteiger partial charge in [0.25, 0.3) is 5.91 Å². The predicted molar refractivity (Wildman–Crippen MR) is 123 cm³/mol. The van der Waals surface area contributed by atoms with Crippen LogP contribution in [0.5, 0.6) is 5.75 Å². The van der Waals surface area contributed by atoms with Gasteiger partial charge < -0.3 is 19.5 Å². The number of halogens is 3. The van der Waals surface area contributed by atoms with Crippen LogP contribution in [0.3, 0.4) is 0 Å². The second kappa shape index (κ2) is 8.48. The molecule has 182 valence electrons. The Bertz CT molecular complexity index is 1250. The molecule has 0 saturated carbocycles. The maximum Gasteiger partial charge on any atom is 0.417 e. The molecule has 0 aliphatic carbocycles. The van der Waals surface area contributed by atoms with E-state index in [1.165, 1.54) is 6.07 Å². The van der Waals surface area contributed by atoms with Crippen molar-refractivity contribution in [3.05, 3.63) is 53.1 Å². The number of benzene rings is 2. The first kappa shape index (κ1) is 23.5. The molecule has 0 radical (unpaired) electrons. The van der Waals surface area contributed by atoms with Crippen LogP contribution in [0, 0.1) is 11.3 Å². The van der Waals surface area contributed by atoms with Crippen LogP contribution in [0.25, 0.3) is 0 Å². The number of hydrogen-bond donors (Lipinski definition) is 1. The maximum absolute atomic E-state index is 13.7. The fraction of sp³-hybridized carbons (Fsp3) is 0.375. The minimum Gasteiger partial charge on any atom is -0.488 e. The molecule has 5 rings (SSSR count). The third-order valence-corrected chi connectivity index (χ3v) is 7.00. The van der Waals surface area contributed by atoms with Crippen molar-refractivity contribution in [1.82, 2.24) is 0 Å². The molecule has 1 spiro atoms. The first-order chi connectivity index (χ1) is 16.7. The third-order valence-electron chi connectivity index (χ3n) is 6.64. The van der Waals surface area contributed by atoms with E-state index in [1.54, 1.807) is 23.1 Å². The number of amides is 1. The highest BCUT2D eigenvalue weighted by Gasteiger charge is 2.58. The standard InChI is InChI=1S/C24H20F3N3O4S/c25-24(26,27)19-10-16(3-1-15(19)11-28)29-21(32)23(7-8-33-13-23)30(22(29)35)17-4-6-20-14(9-17)2-5-18(12-31)34-20/h1,3-4,6,9-10,18,31H,2,5,7-8,12-13H2/t18-,23+/m0/s1. The van der Waals surface area contributed by atoms with Gasteiger partial charge in [0, 0.05) is 18.7 Å². The summed E-state index contributed by atoms with van der Waals surface area (Å²) in [7, 11) is 0. The van der Waals surface area contributed by atoms with Crippen LogP contribution in [-0.4, -0.2) is 47.6 Å². The Labute approximate surface area is 204 Å². The molecule has 3 heterocycles. The lowest BCUT2D eigenvalue weighted by Gasteiger charge is -2.33. The zero-order valence-electron chi connectivity index (χ0n) is 18.3. The first-order valence-corrected chi connectivity index (χ1v) is 11.4. The van der Waals surface area contributed by atoms with Crippen LogP contribution in [0.15, 0.2) is 36.4 Å². The van der Waals surface area contributed by atoms with Crippen molar-refractivity contribution in [2.24, 2.45) is 0 Å². The van der Waals surface area contributed by atoms with E-state index in [4.69, 9.17) is 27.0 Å². The van der Waals surface area contributed by atoms with Crippen molar-refractivity contribution in [1.29, 1.82) is 5.26 Å². The Balaban J connectivity index is 1.58. The highest BCUT2D eigenvalue weighted by Crippen LogP contribution is 2.44. The lowest BCUT2D eigenvalue weighted by atomic mass is 9.95. The molecule has 3 aliphatic rings. The maximum atomic E-state index is 13.7. The lowest BCUT2D eigenvalue weighted by molar-refractivity contribution is -0.137. The van der Waals surface area contributed by atoms with Crippen molar-refractivity contribution in [3.63, 3.8) is 0 Å². The van der Waals surface area contributed by atoms with Crippen LogP contribution in [-0.2, 0) is 22.1 Å². The summed E-state index contributed by atoms with van der Waals surface area (Å²) in [5.74, 6) is 0.151. The highest BCUT2D eigenvalue weighted by atomic mass is 32.1. The summed E-state index contributed by atoms with van der Waals surface area (Å²) in [5, 5.41) is 18.5. The fourth-order valence-corrected chi connectivity index (χ4v) is 5.33. The Kier molecular flexibility index (Phi) is 5.70. The number of rotatable bonds is 3. The molecular weight excluding hydrogens is 483 g/mol. The fourth-order valence-electron chi connectivity index (χ4n) is 4.86. The Morgan fingerprint density at radius 3 is 2.66 bits per heavy atom. The molecule has 2 fully saturated rings. The van der Waals surface area contributed by atoms with Crippen LogP contribution in [0.4, 0.5) is 24.5 Å². The largest absolute Gasteiger partial charge is 0.488 e. The molecule has 11 heteroatoms. The SMILES string of the molecule is N#Cc1ccc(N2C(=O)[C@]3(CCOC3)N(c3ccc4c(c3)CC[C@@H](CO)O4)C2=S)cc1C(F)(F)F. The number of carbonyl (C=O) groups is 1. The molecule has 1 N–H and O–H groups in total. The summed E-state index contributed by atoms with van der Waals surface area (Å²) < 4.78 is 52.2. The number of carbonyl (C=O) groups excluding carboxylic acids is 1. The molecule has 0 unspecified atom stereocenters. The summed E-state index contributed by atoms with van der Waals surface area (Å²) in [6.45, 7) is 0.239. The smallest absolute Gasteiger partial charge is 0.417 e. The van der Waals surface area contributed by atoms with Crippen LogP contribution in [0.1, 0.15) is 29.5 Å². The van der Waals surface area contributed by atoms with Crippen molar-refractivity contribution in [3.8, 4) is 11.8 Å². The second-order valence-corrected chi connectivity index (χ2v) is 9.05. The molecule has 7 nitrogen and oxygen atoms in total. The number of aliphatic hydroxyl groups excluding tert-OH is 1. The monoisotopic (exact) mass is 503 g/mol. The normalized spacial score (nSPS) is 24.0. The average Bonchev–Trinajstić information content (AvgIpc) is 3.41. The van der Waals surface area contributed by atoms with E-state index < -0.39 is 28.7 Å². The lowest BCUT2D eigenvalue weighted by Crippen LogP contribution is -2.50. The summed E-state index contributed by atoms with van der Waals surface area (Å²) in [6, 6.07) is 10.0. The quantitative estimate of drug-likeness (QED) is 0.641. The van der Waals surface area contributed by atoms with Gasteiger partial charge in [-0.15, -0.1) is 0 Å². The molecule has 0 aromatic heterocycles. The number of aryl methyl sites for hydroxylation is 1. The van der Waals surface area contributed by atoms with Gasteiger partial charge in [0.1, 0.15) is 11.9 Å². The number of anilines is 2. The summed E-state index contributed by atoms with van der Waals surface area (Å²) in [6.07, 6.45) is -3.47. The van der Waals surface area contributed by atoms with Gasteiger partial charge >= 0.3 is 6.18 Å². The van der Waals surface area contributed by atoms with Gasteiger partial charge in [0.15, 0.2) is 10.7 Å². The number of alkyl halides is 3. The molecular formula is C24H20F3N3O4S. The van der Waals surface area contributed by atoms with Crippen LogP contribution in [0.2, 0.25) is 0 Å². The molecule has 3 aliphatic heterocycles. The van der Waals surface area contributed by atoms with E-state index in [1.807, 2.05) is 6.07 Å². The van der Waals surface area contributed by atoms with Gasteiger partial charge in [0.2, 0.25) is 0 Å². The zero-order valence-corrected chi connectivity index (χ0v) is 19.2. The van der Waals surface area contributed by atoms with Gasteiger partial charge in [0.05, 0.1) is 36.1 Å². The van der Waals surface area contributed by atoms with E-state index in [0.717, 1.165) is 22.6 Å². The molecule has 1 amide bonds. The molecule has 2 aromatic carbocycles. The number of hydrogen-bond acceptors (Lipinski definition) is 6. The van der Waals surface area contributed by atoms with Gasteiger partial charge in [-0.3, -0.25) is 9.69 Å². The van der Waals surface area contributed by atoms with Gasteiger partial charge in [-0.25, -0.2) is 0 Å². The average molecular weight is 504 g/mol. The van der Waals surface area contributed by atoms with Crippen molar-refractivity contribution in [2.75, 3.05) is 29.6 Å². The van der Waals surface area contributed by atoms with Gasteiger partial charge in [-0.1, -0.05) is 0 Å². The first-order valence-electron chi connectivity index (χ1n) is 11.0. The van der Waals surface area contributed by atoms with Crippen molar-refractivity contribution in [2.45, 2.75) is 37.1 Å². The minimum absolute atomic E-state index is 0.0308. The summed E-state index contributed by atoms with van der Waals surface area (Å²) in [5.41, 5.74) is -1.44. The topological polar surface area (TPSA) is 86.0 Å². The van der Waals surface area contributed by atoms with E-state index >= 15 is 0 Å². The Hall–Kier alpha value is -3.20. The Morgan fingerprint density at radius 2 is 2.00 bits per heavy atom. The van der Waals surface area contributed by atoms with Crippen LogP contribution >= 0.6 is 12.2 Å². The van der Waals surface area contributed by atoms with E-state index in [0.29, 0.717) is 37.3 Å².